The van der Waals surface area contributed by atoms with E-state index in [1.807, 2.05) is 0 Å². The molecule has 0 saturated carbocycles. The number of amides is 1. The highest BCUT2D eigenvalue weighted by Crippen LogP contribution is 2.14. The molecule has 5 heteroatoms. The molecular weight excluding hydrogens is 230 g/mol. The number of hydrogen-bond donors (Lipinski definition) is 2. The Kier molecular flexibility index (Phi) is 4.31. The Morgan fingerprint density at radius 1 is 1.44 bits per heavy atom. The third-order valence-corrected chi connectivity index (χ3v) is 2.46. The SMILES string of the molecule is CC[C@@H](NC(=O)c1ccccc1Cl)C(=O)O. The van der Waals surface area contributed by atoms with Crippen LogP contribution in [0.5, 0.6) is 0 Å². The van der Waals surface area contributed by atoms with Gasteiger partial charge in [-0.2, -0.15) is 0 Å². The Morgan fingerprint density at radius 3 is 2.56 bits per heavy atom. The van der Waals surface area contributed by atoms with E-state index in [1.165, 1.54) is 0 Å². The number of carboxylic acids is 1. The molecular formula is C11H12ClNO3. The van der Waals surface area contributed by atoms with Crippen molar-refractivity contribution in [2.24, 2.45) is 0 Å². The largest absolute Gasteiger partial charge is 0.480 e. The summed E-state index contributed by atoms with van der Waals surface area (Å²) in [4.78, 5) is 22.4. The maximum absolute atomic E-state index is 11.7. The summed E-state index contributed by atoms with van der Waals surface area (Å²) in [6.07, 6.45) is 0.325. The Balaban J connectivity index is 2.80. The van der Waals surface area contributed by atoms with Crippen LogP contribution in [0.2, 0.25) is 5.02 Å². The van der Waals surface area contributed by atoms with Crippen molar-refractivity contribution >= 4 is 23.5 Å². The van der Waals surface area contributed by atoms with Gasteiger partial charge in [-0.15, -0.1) is 0 Å². The summed E-state index contributed by atoms with van der Waals surface area (Å²) in [5.74, 6) is -1.53. The predicted molar refractivity (Wildman–Crippen MR) is 60.6 cm³/mol. The number of carbonyl (C=O) groups is 2. The zero-order valence-corrected chi connectivity index (χ0v) is 9.49. The maximum Gasteiger partial charge on any atom is 0.326 e. The lowest BCUT2D eigenvalue weighted by Gasteiger charge is -2.12. The van der Waals surface area contributed by atoms with Crippen molar-refractivity contribution in [2.75, 3.05) is 0 Å². The van der Waals surface area contributed by atoms with Crippen molar-refractivity contribution < 1.29 is 14.7 Å². The first-order valence-electron chi connectivity index (χ1n) is 4.84. The number of carboxylic acid groups (broad SMARTS) is 1. The molecule has 1 rings (SSSR count). The van der Waals surface area contributed by atoms with E-state index in [-0.39, 0.29) is 5.56 Å². The standard InChI is InChI=1S/C11H12ClNO3/c1-2-9(11(15)16)13-10(14)7-5-3-4-6-8(7)12/h3-6,9H,2H2,1H3,(H,13,14)(H,15,16)/t9-/m1/s1. The summed E-state index contributed by atoms with van der Waals surface area (Å²) in [6.45, 7) is 1.69. The van der Waals surface area contributed by atoms with E-state index >= 15 is 0 Å². The molecule has 1 atom stereocenters. The van der Waals surface area contributed by atoms with Gasteiger partial charge in [-0.3, -0.25) is 4.79 Å². The van der Waals surface area contributed by atoms with Crippen molar-refractivity contribution in [3.05, 3.63) is 34.9 Å². The van der Waals surface area contributed by atoms with Crippen molar-refractivity contribution in [1.29, 1.82) is 0 Å². The molecule has 0 saturated heterocycles. The maximum atomic E-state index is 11.7. The zero-order chi connectivity index (χ0) is 12.1. The second kappa shape index (κ2) is 5.51. The smallest absolute Gasteiger partial charge is 0.326 e. The van der Waals surface area contributed by atoms with Gasteiger partial charge >= 0.3 is 5.97 Å². The van der Waals surface area contributed by atoms with Gasteiger partial charge in [0.1, 0.15) is 6.04 Å². The van der Waals surface area contributed by atoms with Crippen LogP contribution in [0, 0.1) is 0 Å². The number of aliphatic carboxylic acids is 1. The van der Waals surface area contributed by atoms with Crippen LogP contribution in [-0.4, -0.2) is 23.0 Å². The van der Waals surface area contributed by atoms with E-state index in [0.29, 0.717) is 11.4 Å². The summed E-state index contributed by atoms with van der Waals surface area (Å²) in [5.41, 5.74) is 0.281. The summed E-state index contributed by atoms with van der Waals surface area (Å²) >= 11 is 5.82. The zero-order valence-electron chi connectivity index (χ0n) is 8.74. The number of halogens is 1. The summed E-state index contributed by atoms with van der Waals surface area (Å²) < 4.78 is 0. The lowest BCUT2D eigenvalue weighted by molar-refractivity contribution is -0.139. The average molecular weight is 242 g/mol. The molecule has 0 heterocycles. The van der Waals surface area contributed by atoms with E-state index in [1.54, 1.807) is 31.2 Å². The highest BCUT2D eigenvalue weighted by molar-refractivity contribution is 6.33. The van der Waals surface area contributed by atoms with Crippen LogP contribution in [0.4, 0.5) is 0 Å². The third kappa shape index (κ3) is 2.97. The lowest BCUT2D eigenvalue weighted by atomic mass is 10.1. The number of nitrogens with one attached hydrogen (secondary N) is 1. The Labute approximate surface area is 98.2 Å². The minimum absolute atomic E-state index is 0.281. The Hall–Kier alpha value is -1.55. The summed E-state index contributed by atoms with van der Waals surface area (Å²) in [5, 5.41) is 11.5. The van der Waals surface area contributed by atoms with Gasteiger partial charge in [0.05, 0.1) is 10.6 Å². The molecule has 4 nitrogen and oxygen atoms in total. The molecule has 0 unspecified atom stereocenters. The van der Waals surface area contributed by atoms with Gasteiger partial charge in [0.15, 0.2) is 0 Å². The van der Waals surface area contributed by atoms with Crippen LogP contribution in [-0.2, 0) is 4.79 Å². The van der Waals surface area contributed by atoms with Crippen molar-refractivity contribution in [3.8, 4) is 0 Å². The number of benzene rings is 1. The number of rotatable bonds is 4. The number of hydrogen-bond acceptors (Lipinski definition) is 2. The molecule has 0 aliphatic rings. The van der Waals surface area contributed by atoms with Crippen LogP contribution >= 0.6 is 11.6 Å². The highest BCUT2D eigenvalue weighted by Gasteiger charge is 2.19. The second-order valence-corrected chi connectivity index (χ2v) is 3.66. The van der Waals surface area contributed by atoms with Gasteiger partial charge < -0.3 is 10.4 Å². The van der Waals surface area contributed by atoms with Gasteiger partial charge in [0.25, 0.3) is 5.91 Å². The van der Waals surface area contributed by atoms with E-state index in [4.69, 9.17) is 16.7 Å². The highest BCUT2D eigenvalue weighted by atomic mass is 35.5. The minimum Gasteiger partial charge on any atom is -0.480 e. The van der Waals surface area contributed by atoms with Gasteiger partial charge in [-0.25, -0.2) is 4.79 Å². The molecule has 1 aromatic rings. The molecule has 0 aliphatic heterocycles. The van der Waals surface area contributed by atoms with Crippen LogP contribution in [0.15, 0.2) is 24.3 Å². The van der Waals surface area contributed by atoms with E-state index in [2.05, 4.69) is 5.32 Å². The Bertz CT molecular complexity index is 406. The fourth-order valence-corrected chi connectivity index (χ4v) is 1.44. The third-order valence-electron chi connectivity index (χ3n) is 2.13. The first-order chi connectivity index (χ1) is 7.56. The molecule has 2 N–H and O–H groups in total. The number of carbonyl (C=O) groups excluding carboxylic acids is 1. The fraction of sp³-hybridized carbons (Fsp3) is 0.273. The van der Waals surface area contributed by atoms with Crippen LogP contribution < -0.4 is 5.32 Å². The monoisotopic (exact) mass is 241 g/mol. The topological polar surface area (TPSA) is 66.4 Å². The van der Waals surface area contributed by atoms with E-state index in [0.717, 1.165) is 0 Å². The lowest BCUT2D eigenvalue weighted by Crippen LogP contribution is -2.40. The minimum atomic E-state index is -1.05. The van der Waals surface area contributed by atoms with Crippen molar-refractivity contribution in [1.82, 2.24) is 5.32 Å². The molecule has 86 valence electrons. The molecule has 0 aromatic heterocycles. The van der Waals surface area contributed by atoms with Gasteiger partial charge in [0, 0.05) is 0 Å². The molecule has 0 radical (unpaired) electrons. The second-order valence-electron chi connectivity index (χ2n) is 3.25. The van der Waals surface area contributed by atoms with Crippen molar-refractivity contribution in [2.45, 2.75) is 19.4 Å². The van der Waals surface area contributed by atoms with Crippen LogP contribution in [0.1, 0.15) is 23.7 Å². The molecule has 0 aliphatic carbocycles. The summed E-state index contributed by atoms with van der Waals surface area (Å²) in [6, 6.07) is 5.62. The van der Waals surface area contributed by atoms with E-state index < -0.39 is 17.9 Å². The van der Waals surface area contributed by atoms with Gasteiger partial charge in [-0.1, -0.05) is 30.7 Å². The first kappa shape index (κ1) is 12.5. The molecule has 0 spiro atoms. The van der Waals surface area contributed by atoms with Crippen LogP contribution in [0.25, 0.3) is 0 Å². The molecule has 0 bridgehead atoms. The average Bonchev–Trinajstić information content (AvgIpc) is 2.25. The molecule has 0 fully saturated rings. The summed E-state index contributed by atoms with van der Waals surface area (Å²) in [7, 11) is 0. The van der Waals surface area contributed by atoms with Gasteiger partial charge in [-0.05, 0) is 18.6 Å². The van der Waals surface area contributed by atoms with Crippen LogP contribution in [0.3, 0.4) is 0 Å². The molecule has 1 aromatic carbocycles. The van der Waals surface area contributed by atoms with Gasteiger partial charge in [0.2, 0.25) is 0 Å². The fourth-order valence-electron chi connectivity index (χ4n) is 1.22. The molecule has 16 heavy (non-hydrogen) atoms. The predicted octanol–water partition coefficient (Wildman–Crippen LogP) is 1.93. The Morgan fingerprint density at radius 2 is 2.06 bits per heavy atom. The normalized spacial score (nSPS) is 11.9. The molecule has 1 amide bonds. The van der Waals surface area contributed by atoms with E-state index in [9.17, 15) is 9.59 Å². The quantitative estimate of drug-likeness (QED) is 0.847. The first-order valence-corrected chi connectivity index (χ1v) is 5.22. The van der Waals surface area contributed by atoms with Crippen molar-refractivity contribution in [3.63, 3.8) is 0 Å².